The predicted molar refractivity (Wildman–Crippen MR) is 97.2 cm³/mol. The summed E-state index contributed by atoms with van der Waals surface area (Å²) < 4.78 is 4.71. The van der Waals surface area contributed by atoms with E-state index in [0.29, 0.717) is 5.69 Å². The molecule has 0 atom stereocenters. The molecule has 0 aromatic heterocycles. The lowest BCUT2D eigenvalue weighted by Gasteiger charge is -2.25. The minimum atomic E-state index is -0.517. The summed E-state index contributed by atoms with van der Waals surface area (Å²) in [5, 5.41) is -0.0598. The molecule has 132 valence electrons. The Morgan fingerprint density at radius 3 is 2.12 bits per heavy atom. The first-order valence-electron chi connectivity index (χ1n) is 7.68. The molecule has 0 aliphatic rings. The first-order chi connectivity index (χ1) is 11.1. The number of para-hydroxylation sites is 1. The summed E-state index contributed by atoms with van der Waals surface area (Å²) in [6.07, 6.45) is 0. The highest BCUT2D eigenvalue weighted by Crippen LogP contribution is 2.27. The molecule has 0 aliphatic heterocycles. The van der Waals surface area contributed by atoms with Gasteiger partial charge in [-0.25, -0.2) is 0 Å². The van der Waals surface area contributed by atoms with Gasteiger partial charge < -0.3 is 4.74 Å². The number of carbonyl (C=O) groups excluding carboxylic acids is 3. The molecular weight excluding hydrogens is 326 g/mol. The Balaban J connectivity index is 3.04. The van der Waals surface area contributed by atoms with Crippen molar-refractivity contribution in [3.63, 3.8) is 0 Å². The molecule has 24 heavy (non-hydrogen) atoms. The molecule has 1 amide bonds. The molecule has 1 rings (SSSR count). The summed E-state index contributed by atoms with van der Waals surface area (Å²) in [7, 11) is 1.29. The molecule has 1 aromatic rings. The molecule has 0 N–H and O–H groups in total. The van der Waals surface area contributed by atoms with E-state index in [0.717, 1.165) is 22.9 Å². The zero-order chi connectivity index (χ0) is 18.5. The van der Waals surface area contributed by atoms with E-state index in [-0.39, 0.29) is 23.3 Å². The zero-order valence-corrected chi connectivity index (χ0v) is 16.0. The van der Waals surface area contributed by atoms with Crippen LogP contribution in [-0.4, -0.2) is 36.4 Å². The van der Waals surface area contributed by atoms with Crippen molar-refractivity contribution in [3.05, 3.63) is 29.3 Å². The van der Waals surface area contributed by atoms with E-state index in [1.165, 1.54) is 12.0 Å². The van der Waals surface area contributed by atoms with Crippen molar-refractivity contribution in [2.24, 2.45) is 5.41 Å². The maximum absolute atomic E-state index is 12.7. The third-order valence-corrected chi connectivity index (χ3v) is 4.73. The average Bonchev–Trinajstić information content (AvgIpc) is 2.49. The molecule has 0 radical (unpaired) electrons. The third-order valence-electron chi connectivity index (χ3n) is 3.46. The van der Waals surface area contributed by atoms with Crippen molar-refractivity contribution >= 4 is 34.4 Å². The van der Waals surface area contributed by atoms with Crippen LogP contribution in [0.15, 0.2) is 18.2 Å². The van der Waals surface area contributed by atoms with E-state index < -0.39 is 11.4 Å². The number of nitrogens with zero attached hydrogens (tertiary/aromatic N) is 1. The van der Waals surface area contributed by atoms with Crippen molar-refractivity contribution in [1.29, 1.82) is 0 Å². The topological polar surface area (TPSA) is 63.7 Å². The Bertz CT molecular complexity index is 614. The molecule has 6 heteroatoms. The van der Waals surface area contributed by atoms with Gasteiger partial charge in [-0.3, -0.25) is 19.3 Å². The second-order valence-electron chi connectivity index (χ2n) is 6.62. The van der Waals surface area contributed by atoms with Gasteiger partial charge in [0.25, 0.3) is 0 Å². The van der Waals surface area contributed by atoms with Crippen LogP contribution >= 0.6 is 11.8 Å². The lowest BCUT2D eigenvalue weighted by atomic mass is 10.00. The fraction of sp³-hybridized carbons (Fsp3) is 0.500. The average molecular weight is 351 g/mol. The van der Waals surface area contributed by atoms with Crippen molar-refractivity contribution in [1.82, 2.24) is 0 Å². The van der Waals surface area contributed by atoms with Crippen LogP contribution in [0.5, 0.6) is 0 Å². The first-order valence-corrected chi connectivity index (χ1v) is 8.67. The predicted octanol–water partition coefficient (Wildman–Crippen LogP) is 3.12. The highest BCUT2D eigenvalue weighted by molar-refractivity contribution is 8.14. The molecule has 0 saturated heterocycles. The summed E-state index contributed by atoms with van der Waals surface area (Å²) in [6, 6.07) is 5.66. The van der Waals surface area contributed by atoms with E-state index >= 15 is 0 Å². The number of aryl methyl sites for hydroxylation is 2. The Labute approximate surface area is 147 Å². The summed E-state index contributed by atoms with van der Waals surface area (Å²) in [5.41, 5.74) is 1.95. The molecule has 0 heterocycles. The van der Waals surface area contributed by atoms with Crippen LogP contribution in [0, 0.1) is 19.3 Å². The SMILES string of the molecule is COC(=O)CN(C(=O)CSC(=O)C(C)(C)C)c1c(C)cccc1C. The normalized spacial score (nSPS) is 11.1. The van der Waals surface area contributed by atoms with E-state index in [1.807, 2.05) is 52.8 Å². The number of amides is 1. The maximum atomic E-state index is 12.7. The van der Waals surface area contributed by atoms with E-state index in [1.54, 1.807) is 0 Å². The summed E-state index contributed by atoms with van der Waals surface area (Å²) in [6.45, 7) is 9.02. The minimum Gasteiger partial charge on any atom is -0.468 e. The molecule has 5 nitrogen and oxygen atoms in total. The van der Waals surface area contributed by atoms with Crippen LogP contribution in [0.1, 0.15) is 31.9 Å². The standard InChI is InChI=1S/C18H25NO4S/c1-12-8-7-9-13(2)16(12)19(10-15(21)23-6)14(20)11-24-17(22)18(3,4)5/h7-9H,10-11H2,1-6H3. The highest BCUT2D eigenvalue weighted by Gasteiger charge is 2.26. The second kappa shape index (κ2) is 8.33. The van der Waals surface area contributed by atoms with Gasteiger partial charge >= 0.3 is 5.97 Å². The first kappa shape index (κ1) is 20.2. The molecule has 1 aromatic carbocycles. The fourth-order valence-corrected chi connectivity index (χ4v) is 2.98. The summed E-state index contributed by atoms with van der Waals surface area (Å²) in [5.74, 6) is -0.806. The smallest absolute Gasteiger partial charge is 0.325 e. The van der Waals surface area contributed by atoms with Gasteiger partial charge in [0.15, 0.2) is 5.12 Å². The van der Waals surface area contributed by atoms with Crippen LogP contribution in [0.2, 0.25) is 0 Å². The number of anilines is 1. The lowest BCUT2D eigenvalue weighted by Crippen LogP contribution is -2.39. The number of benzene rings is 1. The number of hydrogen-bond donors (Lipinski definition) is 0. The van der Waals surface area contributed by atoms with Gasteiger partial charge in [0, 0.05) is 5.41 Å². The Morgan fingerprint density at radius 1 is 1.12 bits per heavy atom. The number of methoxy groups -OCH3 is 1. The summed E-state index contributed by atoms with van der Waals surface area (Å²) >= 11 is 0.979. The maximum Gasteiger partial charge on any atom is 0.325 e. The van der Waals surface area contributed by atoms with Crippen LogP contribution in [0.25, 0.3) is 0 Å². The van der Waals surface area contributed by atoms with E-state index in [9.17, 15) is 14.4 Å². The van der Waals surface area contributed by atoms with Gasteiger partial charge in [0.05, 0.1) is 18.6 Å². The molecule has 0 fully saturated rings. The number of carbonyl (C=O) groups is 3. The monoisotopic (exact) mass is 351 g/mol. The number of rotatable bonds is 5. The molecule has 0 spiro atoms. The Hall–Kier alpha value is -1.82. The summed E-state index contributed by atoms with van der Waals surface area (Å²) in [4.78, 5) is 37.8. The number of hydrogen-bond acceptors (Lipinski definition) is 5. The zero-order valence-electron chi connectivity index (χ0n) is 15.1. The molecule has 0 unspecified atom stereocenters. The molecule has 0 aliphatic carbocycles. The fourth-order valence-electron chi connectivity index (χ4n) is 2.14. The second-order valence-corrected chi connectivity index (χ2v) is 7.57. The van der Waals surface area contributed by atoms with E-state index in [4.69, 9.17) is 4.74 Å². The number of thioether (sulfide) groups is 1. The van der Waals surface area contributed by atoms with Gasteiger partial charge in [-0.05, 0) is 25.0 Å². The van der Waals surface area contributed by atoms with Crippen LogP contribution in [0.3, 0.4) is 0 Å². The van der Waals surface area contributed by atoms with Gasteiger partial charge in [-0.1, -0.05) is 50.7 Å². The van der Waals surface area contributed by atoms with Gasteiger partial charge in [0.1, 0.15) is 6.54 Å². The van der Waals surface area contributed by atoms with Crippen LogP contribution in [-0.2, 0) is 19.1 Å². The number of ether oxygens (including phenoxy) is 1. The van der Waals surface area contributed by atoms with Crippen molar-refractivity contribution in [2.75, 3.05) is 24.3 Å². The van der Waals surface area contributed by atoms with Gasteiger partial charge in [-0.2, -0.15) is 0 Å². The Morgan fingerprint density at radius 2 is 1.67 bits per heavy atom. The molecule has 0 bridgehead atoms. The highest BCUT2D eigenvalue weighted by atomic mass is 32.2. The van der Waals surface area contributed by atoms with Crippen molar-refractivity contribution < 1.29 is 19.1 Å². The van der Waals surface area contributed by atoms with Gasteiger partial charge in [-0.15, -0.1) is 0 Å². The quantitative estimate of drug-likeness (QED) is 0.763. The third kappa shape index (κ3) is 5.37. The lowest BCUT2D eigenvalue weighted by molar-refractivity contribution is -0.139. The van der Waals surface area contributed by atoms with Crippen molar-refractivity contribution in [2.45, 2.75) is 34.6 Å². The van der Waals surface area contributed by atoms with Crippen molar-refractivity contribution in [3.8, 4) is 0 Å². The van der Waals surface area contributed by atoms with E-state index in [2.05, 4.69) is 0 Å². The largest absolute Gasteiger partial charge is 0.468 e. The van der Waals surface area contributed by atoms with Crippen LogP contribution < -0.4 is 4.90 Å². The number of esters is 1. The molecular formula is C18H25NO4S. The Kier molecular flexibility index (Phi) is 7.02. The molecule has 0 saturated carbocycles. The minimum absolute atomic E-state index is 0.0130. The van der Waals surface area contributed by atoms with Gasteiger partial charge in [0.2, 0.25) is 5.91 Å². The van der Waals surface area contributed by atoms with Crippen LogP contribution in [0.4, 0.5) is 5.69 Å².